The summed E-state index contributed by atoms with van der Waals surface area (Å²) in [7, 11) is 0. The molecule has 5 heteroatoms. The summed E-state index contributed by atoms with van der Waals surface area (Å²) in [5, 5.41) is 6.13. The van der Waals surface area contributed by atoms with E-state index in [9.17, 15) is 0 Å². The van der Waals surface area contributed by atoms with Gasteiger partial charge in [-0.05, 0) is 5.39 Å². The van der Waals surface area contributed by atoms with Gasteiger partial charge in [-0.25, -0.2) is 0 Å². The van der Waals surface area contributed by atoms with E-state index in [1.54, 1.807) is 6.20 Å². The Morgan fingerprint density at radius 2 is 1.90 bits per heavy atom. The van der Waals surface area contributed by atoms with Crippen molar-refractivity contribution in [1.82, 2.24) is 15.1 Å². The van der Waals surface area contributed by atoms with E-state index in [4.69, 9.17) is 10.3 Å². The van der Waals surface area contributed by atoms with Crippen LogP contribution in [0, 0.1) is 0 Å². The molecule has 0 saturated carbocycles. The van der Waals surface area contributed by atoms with E-state index < -0.39 is 6.04 Å². The second-order valence-corrected chi connectivity index (χ2v) is 6.14. The molecule has 0 radical (unpaired) electrons. The fraction of sp³-hybridized carbons (Fsp3) is 0.312. The molecule has 2 aromatic heterocycles. The molecule has 0 bridgehead atoms. The third-order valence-corrected chi connectivity index (χ3v) is 3.40. The Hall–Kier alpha value is -2.27. The van der Waals surface area contributed by atoms with Gasteiger partial charge in [0.2, 0.25) is 5.89 Å². The van der Waals surface area contributed by atoms with Crippen LogP contribution < -0.4 is 5.73 Å². The first-order valence-electron chi connectivity index (χ1n) is 6.89. The maximum absolute atomic E-state index is 6.31. The van der Waals surface area contributed by atoms with Gasteiger partial charge in [0.1, 0.15) is 0 Å². The molecule has 0 fully saturated rings. The molecule has 3 aromatic rings. The molecule has 0 aliphatic rings. The molecule has 108 valence electrons. The first-order chi connectivity index (χ1) is 9.97. The average Bonchev–Trinajstić information content (AvgIpc) is 2.96. The molecule has 0 spiro atoms. The summed E-state index contributed by atoms with van der Waals surface area (Å²) in [6.07, 6.45) is 3.59. The van der Waals surface area contributed by atoms with E-state index >= 15 is 0 Å². The van der Waals surface area contributed by atoms with Crippen LogP contribution in [0.2, 0.25) is 0 Å². The van der Waals surface area contributed by atoms with Gasteiger partial charge in [-0.3, -0.25) is 4.98 Å². The number of hydrogen-bond donors (Lipinski definition) is 1. The number of aromatic nitrogens is 3. The van der Waals surface area contributed by atoms with E-state index in [1.165, 1.54) is 0 Å². The van der Waals surface area contributed by atoms with Crippen molar-refractivity contribution in [3.63, 3.8) is 0 Å². The fourth-order valence-corrected chi connectivity index (χ4v) is 2.19. The standard InChI is InChI=1S/C16H18N4O/c1-16(2,3)15-19-14(20-21-15)13(17)12-9-18-8-10-6-4-5-7-11(10)12/h4-9,13H,17H2,1-3H3. The lowest BCUT2D eigenvalue weighted by molar-refractivity contribution is 0.317. The van der Waals surface area contributed by atoms with Crippen LogP contribution in [0.3, 0.4) is 0 Å². The smallest absolute Gasteiger partial charge is 0.232 e. The van der Waals surface area contributed by atoms with Crippen molar-refractivity contribution in [3.05, 3.63) is 53.9 Å². The topological polar surface area (TPSA) is 77.8 Å². The van der Waals surface area contributed by atoms with E-state index in [1.807, 2.05) is 51.2 Å². The molecule has 1 atom stereocenters. The van der Waals surface area contributed by atoms with Gasteiger partial charge in [0, 0.05) is 28.8 Å². The molecule has 2 N–H and O–H groups in total. The maximum Gasteiger partial charge on any atom is 0.232 e. The number of benzene rings is 1. The Kier molecular flexibility index (Phi) is 3.22. The highest BCUT2D eigenvalue weighted by Gasteiger charge is 2.25. The van der Waals surface area contributed by atoms with Gasteiger partial charge in [-0.2, -0.15) is 4.98 Å². The second kappa shape index (κ2) is 4.93. The summed E-state index contributed by atoms with van der Waals surface area (Å²) in [5.41, 5.74) is 7.02. The van der Waals surface area contributed by atoms with E-state index in [0.717, 1.165) is 16.3 Å². The molecule has 1 aromatic carbocycles. The van der Waals surface area contributed by atoms with Gasteiger partial charge in [-0.15, -0.1) is 0 Å². The van der Waals surface area contributed by atoms with Crippen LogP contribution in [-0.2, 0) is 5.41 Å². The molecule has 21 heavy (non-hydrogen) atoms. The highest BCUT2D eigenvalue weighted by molar-refractivity contribution is 5.85. The number of pyridine rings is 1. The zero-order valence-corrected chi connectivity index (χ0v) is 12.4. The lowest BCUT2D eigenvalue weighted by atomic mass is 9.97. The van der Waals surface area contributed by atoms with Gasteiger partial charge in [0.15, 0.2) is 5.82 Å². The van der Waals surface area contributed by atoms with Crippen LogP contribution in [0.1, 0.15) is 44.1 Å². The summed E-state index contributed by atoms with van der Waals surface area (Å²) in [4.78, 5) is 8.68. The molecule has 5 nitrogen and oxygen atoms in total. The van der Waals surface area contributed by atoms with Gasteiger partial charge >= 0.3 is 0 Å². The van der Waals surface area contributed by atoms with Crippen LogP contribution in [0.15, 0.2) is 41.2 Å². The first-order valence-corrected chi connectivity index (χ1v) is 6.89. The Labute approximate surface area is 123 Å². The van der Waals surface area contributed by atoms with E-state index in [0.29, 0.717) is 11.7 Å². The summed E-state index contributed by atoms with van der Waals surface area (Å²) >= 11 is 0. The SMILES string of the molecule is CC(C)(C)c1nc(C(N)c2cncc3ccccc23)no1. The molecule has 0 amide bonds. The minimum Gasteiger partial charge on any atom is -0.339 e. The average molecular weight is 282 g/mol. The minimum atomic E-state index is -0.455. The number of fused-ring (bicyclic) bond motifs is 1. The largest absolute Gasteiger partial charge is 0.339 e. The van der Waals surface area contributed by atoms with Crippen LogP contribution in [-0.4, -0.2) is 15.1 Å². The van der Waals surface area contributed by atoms with Gasteiger partial charge in [0.05, 0.1) is 6.04 Å². The Morgan fingerprint density at radius 1 is 1.14 bits per heavy atom. The molecule has 1 unspecified atom stereocenters. The molecule has 3 rings (SSSR count). The van der Waals surface area contributed by atoms with Crippen LogP contribution in [0.25, 0.3) is 10.8 Å². The Morgan fingerprint density at radius 3 is 2.62 bits per heavy atom. The third kappa shape index (κ3) is 2.52. The third-order valence-electron chi connectivity index (χ3n) is 3.40. The van der Waals surface area contributed by atoms with Crippen molar-refractivity contribution >= 4 is 10.8 Å². The van der Waals surface area contributed by atoms with Crippen LogP contribution >= 0.6 is 0 Å². The number of nitrogens with zero attached hydrogens (tertiary/aromatic N) is 3. The lowest BCUT2D eigenvalue weighted by Crippen LogP contribution is -2.16. The Bertz CT molecular complexity index is 768. The fourth-order valence-electron chi connectivity index (χ4n) is 2.19. The number of hydrogen-bond acceptors (Lipinski definition) is 5. The highest BCUT2D eigenvalue weighted by Crippen LogP contribution is 2.27. The Balaban J connectivity index is 2.05. The second-order valence-electron chi connectivity index (χ2n) is 6.14. The molecular formula is C16H18N4O. The van der Waals surface area contributed by atoms with Crippen molar-refractivity contribution in [2.75, 3.05) is 0 Å². The zero-order chi connectivity index (χ0) is 15.0. The highest BCUT2D eigenvalue weighted by atomic mass is 16.5. The van der Waals surface area contributed by atoms with Crippen LogP contribution in [0.5, 0.6) is 0 Å². The van der Waals surface area contributed by atoms with E-state index in [2.05, 4.69) is 15.1 Å². The zero-order valence-electron chi connectivity index (χ0n) is 12.4. The monoisotopic (exact) mass is 282 g/mol. The molecule has 0 saturated heterocycles. The quantitative estimate of drug-likeness (QED) is 0.781. The van der Waals surface area contributed by atoms with Crippen molar-refractivity contribution in [2.45, 2.75) is 32.2 Å². The van der Waals surface area contributed by atoms with Crippen molar-refractivity contribution in [2.24, 2.45) is 5.73 Å². The van der Waals surface area contributed by atoms with E-state index in [-0.39, 0.29) is 5.41 Å². The van der Waals surface area contributed by atoms with Gasteiger partial charge < -0.3 is 10.3 Å². The predicted octanol–water partition coefficient (Wildman–Crippen LogP) is 2.96. The number of nitrogens with two attached hydrogens (primary N) is 1. The molecule has 2 heterocycles. The van der Waals surface area contributed by atoms with Crippen molar-refractivity contribution in [3.8, 4) is 0 Å². The summed E-state index contributed by atoms with van der Waals surface area (Å²) < 4.78 is 5.32. The summed E-state index contributed by atoms with van der Waals surface area (Å²) in [6.45, 7) is 6.07. The number of rotatable bonds is 2. The predicted molar refractivity (Wildman–Crippen MR) is 80.8 cm³/mol. The van der Waals surface area contributed by atoms with Gasteiger partial charge in [0.25, 0.3) is 0 Å². The van der Waals surface area contributed by atoms with Crippen LogP contribution in [0.4, 0.5) is 0 Å². The minimum absolute atomic E-state index is 0.192. The summed E-state index contributed by atoms with van der Waals surface area (Å²) in [5.74, 6) is 1.07. The van der Waals surface area contributed by atoms with Gasteiger partial charge in [-0.1, -0.05) is 50.2 Å². The maximum atomic E-state index is 6.31. The lowest BCUT2D eigenvalue weighted by Gasteiger charge is -2.12. The molecule has 0 aliphatic heterocycles. The molecule has 0 aliphatic carbocycles. The normalized spacial score (nSPS) is 13.5. The molecular weight excluding hydrogens is 264 g/mol. The first kappa shape index (κ1) is 13.7. The van der Waals surface area contributed by atoms with Crippen molar-refractivity contribution in [1.29, 1.82) is 0 Å². The van der Waals surface area contributed by atoms with Crippen molar-refractivity contribution < 1.29 is 4.52 Å². The summed E-state index contributed by atoms with van der Waals surface area (Å²) in [6, 6.07) is 7.54.